The van der Waals surface area contributed by atoms with Crippen LogP contribution in [0.3, 0.4) is 0 Å². The Labute approximate surface area is 254 Å². The Kier molecular flexibility index (Phi) is 15.5. The first-order valence-corrected chi connectivity index (χ1v) is 15.9. The van der Waals surface area contributed by atoms with E-state index in [0.717, 1.165) is 30.6 Å². The van der Waals surface area contributed by atoms with Gasteiger partial charge in [0.25, 0.3) is 0 Å². The third-order valence-corrected chi connectivity index (χ3v) is 7.48. The molecule has 0 spiro atoms. The number of phenolic OH excluding ortho intramolecular Hbond substituents is 1. The standard InChI is InChI=1S/C26H38NO4P.C7H15NO2/c1-8-11-30-25(29)26(6,7)27-32-16-31-21-12-18(4)23(19(5)13-21)15-20-9-10-24(28)22(14-20)17(2)3;1-4-5-10-6(9)7(2,3)8/h9-10,12-14,17,27-28,32H,8,11,15-16H2,1-7H3;4-5,8H2,1-3H3. The monoisotopic (exact) mass is 604 g/mol. The third-order valence-electron chi connectivity index (χ3n) is 6.39. The number of rotatable bonds is 14. The van der Waals surface area contributed by atoms with Gasteiger partial charge in [0.15, 0.2) is 0 Å². The summed E-state index contributed by atoms with van der Waals surface area (Å²) < 4.78 is 16.0. The van der Waals surface area contributed by atoms with Gasteiger partial charge >= 0.3 is 11.9 Å². The molecule has 0 amide bonds. The summed E-state index contributed by atoms with van der Waals surface area (Å²) in [5.74, 6) is 0.892. The highest BCUT2D eigenvalue weighted by molar-refractivity contribution is 7.35. The van der Waals surface area contributed by atoms with Gasteiger partial charge in [-0.25, -0.2) is 0 Å². The van der Waals surface area contributed by atoms with Gasteiger partial charge in [0.05, 0.1) is 13.2 Å². The van der Waals surface area contributed by atoms with Crippen LogP contribution in [-0.2, 0) is 25.5 Å². The Bertz CT molecular complexity index is 1130. The molecule has 0 aliphatic rings. The van der Waals surface area contributed by atoms with Crippen molar-refractivity contribution in [2.75, 3.05) is 19.6 Å². The molecule has 1 atom stereocenters. The number of carbonyl (C=O) groups is 2. The smallest absolute Gasteiger partial charge is 0.326 e. The zero-order valence-electron chi connectivity index (χ0n) is 27.3. The van der Waals surface area contributed by atoms with Crippen LogP contribution in [0, 0.1) is 13.8 Å². The number of carbonyl (C=O) groups excluding carboxylic acids is 2. The molecular formula is C33H53N2O6P. The number of aromatic hydroxyl groups is 1. The predicted molar refractivity (Wildman–Crippen MR) is 173 cm³/mol. The Balaban J connectivity index is 0.000000752. The Morgan fingerprint density at radius 2 is 1.50 bits per heavy atom. The van der Waals surface area contributed by atoms with E-state index in [0.29, 0.717) is 25.3 Å². The van der Waals surface area contributed by atoms with E-state index in [2.05, 4.69) is 51.0 Å². The lowest BCUT2D eigenvalue weighted by molar-refractivity contribution is -0.149. The highest BCUT2D eigenvalue weighted by Gasteiger charge is 2.28. The molecule has 2 aromatic carbocycles. The van der Waals surface area contributed by atoms with Crippen LogP contribution in [0.1, 0.15) is 102 Å². The van der Waals surface area contributed by atoms with E-state index >= 15 is 0 Å². The molecule has 8 nitrogen and oxygen atoms in total. The van der Waals surface area contributed by atoms with Crippen LogP contribution in [0.4, 0.5) is 0 Å². The molecule has 0 fully saturated rings. The van der Waals surface area contributed by atoms with Gasteiger partial charge < -0.3 is 25.1 Å². The zero-order valence-corrected chi connectivity index (χ0v) is 28.3. The van der Waals surface area contributed by atoms with Gasteiger partial charge in [-0.15, -0.1) is 0 Å². The number of phenols is 1. The van der Waals surface area contributed by atoms with Gasteiger partial charge in [0.1, 0.15) is 28.9 Å². The number of ether oxygens (including phenoxy) is 3. The molecule has 0 radical (unpaired) electrons. The van der Waals surface area contributed by atoms with E-state index < -0.39 is 11.1 Å². The second kappa shape index (κ2) is 17.4. The predicted octanol–water partition coefficient (Wildman–Crippen LogP) is 6.65. The molecule has 42 heavy (non-hydrogen) atoms. The lowest BCUT2D eigenvalue weighted by Crippen LogP contribution is -2.44. The summed E-state index contributed by atoms with van der Waals surface area (Å²) in [7, 11) is 0.274. The van der Waals surface area contributed by atoms with Crippen LogP contribution in [0.2, 0.25) is 0 Å². The molecule has 2 rings (SSSR count). The van der Waals surface area contributed by atoms with Crippen LogP contribution < -0.4 is 15.6 Å². The largest absolute Gasteiger partial charge is 0.508 e. The number of esters is 2. The molecular weight excluding hydrogens is 551 g/mol. The molecule has 0 aliphatic carbocycles. The molecule has 0 heterocycles. The fourth-order valence-corrected chi connectivity index (χ4v) is 4.73. The summed E-state index contributed by atoms with van der Waals surface area (Å²) in [6.45, 7) is 20.1. The second-order valence-electron chi connectivity index (χ2n) is 12.0. The summed E-state index contributed by atoms with van der Waals surface area (Å²) in [5.41, 5.74) is 9.67. The number of hydrogen-bond acceptors (Lipinski definition) is 8. The molecule has 4 N–H and O–H groups in total. The summed E-state index contributed by atoms with van der Waals surface area (Å²) in [4.78, 5) is 23.0. The number of nitrogens with one attached hydrogen (secondary N) is 1. The van der Waals surface area contributed by atoms with Crippen molar-refractivity contribution in [2.24, 2.45) is 5.73 Å². The molecule has 2 aromatic rings. The second-order valence-corrected chi connectivity index (χ2v) is 12.9. The first-order valence-electron chi connectivity index (χ1n) is 14.7. The highest BCUT2D eigenvalue weighted by atomic mass is 31.1. The summed E-state index contributed by atoms with van der Waals surface area (Å²) in [6, 6.07) is 10.0. The average molecular weight is 605 g/mol. The van der Waals surface area contributed by atoms with Crippen LogP contribution in [-0.4, -0.2) is 47.7 Å². The quantitative estimate of drug-likeness (QED) is 0.125. The van der Waals surface area contributed by atoms with E-state index in [-0.39, 0.29) is 26.6 Å². The van der Waals surface area contributed by atoms with Crippen molar-refractivity contribution in [1.29, 1.82) is 0 Å². The van der Waals surface area contributed by atoms with Crippen molar-refractivity contribution in [3.8, 4) is 11.5 Å². The Hall–Kier alpha value is -2.67. The van der Waals surface area contributed by atoms with Crippen molar-refractivity contribution >= 4 is 20.7 Å². The normalized spacial score (nSPS) is 11.8. The number of benzene rings is 2. The van der Waals surface area contributed by atoms with Crippen LogP contribution in [0.25, 0.3) is 0 Å². The van der Waals surface area contributed by atoms with Gasteiger partial charge in [0.2, 0.25) is 0 Å². The lowest BCUT2D eigenvalue weighted by Gasteiger charge is -2.24. The number of aryl methyl sites for hydroxylation is 2. The summed E-state index contributed by atoms with van der Waals surface area (Å²) in [6.07, 6.45) is 2.95. The van der Waals surface area contributed by atoms with Crippen molar-refractivity contribution in [3.05, 3.63) is 58.1 Å². The maximum atomic E-state index is 12.1. The van der Waals surface area contributed by atoms with Crippen molar-refractivity contribution in [3.63, 3.8) is 0 Å². The minimum atomic E-state index is -0.852. The number of nitrogens with two attached hydrogens (primary N) is 1. The molecule has 0 saturated carbocycles. The van der Waals surface area contributed by atoms with Gasteiger partial charge in [-0.1, -0.05) is 39.8 Å². The minimum absolute atomic E-state index is 0.238. The molecule has 0 saturated heterocycles. The van der Waals surface area contributed by atoms with Crippen molar-refractivity contribution < 1.29 is 28.9 Å². The fraction of sp³-hybridized carbons (Fsp3) is 0.576. The molecule has 1 unspecified atom stereocenters. The van der Waals surface area contributed by atoms with Crippen LogP contribution in [0.15, 0.2) is 30.3 Å². The van der Waals surface area contributed by atoms with Gasteiger partial charge in [0, 0.05) is 0 Å². The van der Waals surface area contributed by atoms with E-state index in [1.807, 2.05) is 33.8 Å². The fourth-order valence-electron chi connectivity index (χ4n) is 3.88. The molecule has 9 heteroatoms. The summed E-state index contributed by atoms with van der Waals surface area (Å²) >= 11 is 0. The topological polar surface area (TPSA) is 120 Å². The lowest BCUT2D eigenvalue weighted by atomic mass is 9.93. The van der Waals surface area contributed by atoms with Gasteiger partial charge in [-0.3, -0.25) is 14.7 Å². The SMILES string of the molecule is CCCOC(=O)C(C)(C)N.CCCOC(=O)C(C)(C)NPCOc1cc(C)c(Cc2ccc(O)c(C(C)C)c2)c(C)c1. The Morgan fingerprint density at radius 3 is 2.00 bits per heavy atom. The first kappa shape index (κ1) is 37.4. The maximum Gasteiger partial charge on any atom is 0.326 e. The molecule has 236 valence electrons. The molecule has 0 bridgehead atoms. The van der Waals surface area contributed by atoms with E-state index in [4.69, 9.17) is 19.9 Å². The molecule has 0 aromatic heterocycles. The van der Waals surface area contributed by atoms with Crippen molar-refractivity contribution in [1.82, 2.24) is 5.09 Å². The minimum Gasteiger partial charge on any atom is -0.508 e. The van der Waals surface area contributed by atoms with Crippen molar-refractivity contribution in [2.45, 2.75) is 105 Å². The first-order chi connectivity index (χ1) is 19.5. The maximum absolute atomic E-state index is 12.1. The van der Waals surface area contributed by atoms with E-state index in [9.17, 15) is 14.7 Å². The van der Waals surface area contributed by atoms with Crippen LogP contribution >= 0.6 is 8.73 Å². The third kappa shape index (κ3) is 12.7. The van der Waals surface area contributed by atoms with Gasteiger partial charge in [-0.2, -0.15) is 0 Å². The van der Waals surface area contributed by atoms with Gasteiger partial charge in [-0.05, 0) is 121 Å². The highest BCUT2D eigenvalue weighted by Crippen LogP contribution is 2.30. The average Bonchev–Trinajstić information content (AvgIpc) is 2.90. The number of hydrogen-bond donors (Lipinski definition) is 3. The zero-order chi connectivity index (χ0) is 32.1. The Morgan fingerprint density at radius 1 is 0.952 bits per heavy atom. The van der Waals surface area contributed by atoms with E-state index in [1.54, 1.807) is 19.9 Å². The van der Waals surface area contributed by atoms with Crippen LogP contribution in [0.5, 0.6) is 11.5 Å². The van der Waals surface area contributed by atoms with E-state index in [1.165, 1.54) is 22.3 Å². The molecule has 0 aliphatic heterocycles. The summed E-state index contributed by atoms with van der Waals surface area (Å²) in [5, 5.41) is 13.3.